The number of piperidine rings is 1. The van der Waals surface area contributed by atoms with Crippen LogP contribution < -0.4 is 0 Å². The number of aliphatic imine (C=N–C) groups is 1. The molecule has 1 fully saturated rings. The Morgan fingerprint density at radius 3 is 2.05 bits per heavy atom. The monoisotopic (exact) mass is 614 g/mol. The van der Waals surface area contributed by atoms with E-state index in [0.717, 1.165) is 45.3 Å². The lowest BCUT2D eigenvalue weighted by Gasteiger charge is -2.43. The number of nitrogens with zero attached hydrogens (tertiary/aromatic N) is 2. The Balaban J connectivity index is 1.24. The first-order valence-corrected chi connectivity index (χ1v) is 16.1. The number of halogens is 2. The molecule has 2 aliphatic heterocycles. The number of likely N-dealkylation sites (tertiary alicyclic amines) is 1. The van der Waals surface area contributed by atoms with E-state index in [9.17, 15) is 9.59 Å². The van der Waals surface area contributed by atoms with Gasteiger partial charge in [-0.2, -0.15) is 0 Å². The van der Waals surface area contributed by atoms with E-state index in [1.165, 1.54) is 11.1 Å². The maximum atomic E-state index is 13.8. The third kappa shape index (κ3) is 6.57. The van der Waals surface area contributed by atoms with Gasteiger partial charge in [-0.1, -0.05) is 96.0 Å². The first-order valence-electron chi connectivity index (χ1n) is 15.3. The average Bonchev–Trinajstić information content (AvgIpc) is 3.01. The molecule has 0 amide bonds. The SMILES string of the molecule is CC(=O)C1C(C)=NC(C)=C(C(=O)CCCCN2CCC(c3ccccc3)(c3ccccc3)CC2)C1c1cccc(Cl)c1Cl. The molecule has 2 unspecified atom stereocenters. The second-order valence-electron chi connectivity index (χ2n) is 12.0. The molecule has 3 aromatic carbocycles. The smallest absolute Gasteiger partial charge is 0.161 e. The molecule has 0 bridgehead atoms. The van der Waals surface area contributed by atoms with Crippen LogP contribution in [0.3, 0.4) is 0 Å². The van der Waals surface area contributed by atoms with Crippen LogP contribution >= 0.6 is 23.2 Å². The van der Waals surface area contributed by atoms with Gasteiger partial charge in [0.2, 0.25) is 0 Å². The van der Waals surface area contributed by atoms with Crippen LogP contribution in [0.25, 0.3) is 0 Å². The number of benzene rings is 3. The van der Waals surface area contributed by atoms with Gasteiger partial charge in [-0.15, -0.1) is 0 Å². The van der Waals surface area contributed by atoms with Crippen molar-refractivity contribution in [3.63, 3.8) is 0 Å². The molecule has 2 atom stereocenters. The van der Waals surface area contributed by atoms with Crippen LogP contribution in [-0.4, -0.2) is 41.8 Å². The molecular formula is C37H40Cl2N2O2. The van der Waals surface area contributed by atoms with Gasteiger partial charge in [0, 0.05) is 34.7 Å². The maximum Gasteiger partial charge on any atom is 0.161 e. The summed E-state index contributed by atoms with van der Waals surface area (Å²) in [6.07, 6.45) is 4.25. The molecule has 6 heteroatoms. The molecule has 2 aliphatic rings. The minimum atomic E-state index is -0.540. The molecule has 1 saturated heterocycles. The second kappa shape index (κ2) is 13.7. The minimum Gasteiger partial charge on any atom is -0.303 e. The summed E-state index contributed by atoms with van der Waals surface area (Å²) in [5, 5.41) is 0.802. The van der Waals surface area contributed by atoms with Gasteiger partial charge in [0.1, 0.15) is 5.78 Å². The zero-order valence-electron chi connectivity index (χ0n) is 25.3. The van der Waals surface area contributed by atoms with Crippen molar-refractivity contribution in [1.82, 2.24) is 4.90 Å². The van der Waals surface area contributed by atoms with Crippen LogP contribution in [-0.2, 0) is 15.0 Å². The Morgan fingerprint density at radius 1 is 0.860 bits per heavy atom. The summed E-state index contributed by atoms with van der Waals surface area (Å²) < 4.78 is 0. The number of Topliss-reactive ketones (excluding diaryl/α,β-unsaturated/α-hetero) is 2. The molecule has 43 heavy (non-hydrogen) atoms. The Labute approximate surface area is 265 Å². The minimum absolute atomic E-state index is 0.0303. The van der Waals surface area contributed by atoms with Gasteiger partial charge in [-0.05, 0) is 88.8 Å². The van der Waals surface area contributed by atoms with Crippen molar-refractivity contribution >= 4 is 40.5 Å². The van der Waals surface area contributed by atoms with Gasteiger partial charge < -0.3 is 4.90 Å². The van der Waals surface area contributed by atoms with E-state index >= 15 is 0 Å². The fraction of sp³-hybridized carbons (Fsp3) is 0.378. The summed E-state index contributed by atoms with van der Waals surface area (Å²) in [5.41, 5.74) is 5.47. The summed E-state index contributed by atoms with van der Waals surface area (Å²) >= 11 is 13.0. The Morgan fingerprint density at radius 2 is 1.47 bits per heavy atom. The van der Waals surface area contributed by atoms with Crippen molar-refractivity contribution in [2.45, 2.75) is 64.2 Å². The summed E-state index contributed by atoms with van der Waals surface area (Å²) in [7, 11) is 0. The number of allylic oxidation sites excluding steroid dienone is 2. The maximum absolute atomic E-state index is 13.8. The Bertz CT molecular complexity index is 1480. The fourth-order valence-corrected chi connectivity index (χ4v) is 7.62. The van der Waals surface area contributed by atoms with E-state index in [-0.39, 0.29) is 17.0 Å². The second-order valence-corrected chi connectivity index (χ2v) is 12.8. The number of carbonyl (C=O) groups excluding carboxylic acids is 2. The van der Waals surface area contributed by atoms with Crippen molar-refractivity contribution in [3.05, 3.63) is 117 Å². The standard InChI is InChI=1S/C37H40Cl2N2O2/c1-25-33(27(3)42)35(30-17-12-18-31(38)36(30)39)34(26(2)40-25)32(43)19-10-11-22-41-23-20-37(21-24-41,28-13-6-4-7-14-28)29-15-8-5-9-16-29/h4-9,12-18,33,35H,10-11,19-24H2,1-3H3. The van der Waals surface area contributed by atoms with E-state index in [2.05, 4.69) is 70.6 Å². The number of rotatable bonds is 10. The molecule has 0 N–H and O–H groups in total. The molecule has 5 rings (SSSR count). The van der Waals surface area contributed by atoms with Gasteiger partial charge >= 0.3 is 0 Å². The topological polar surface area (TPSA) is 49.7 Å². The molecule has 0 radical (unpaired) electrons. The highest BCUT2D eigenvalue weighted by Gasteiger charge is 2.40. The lowest BCUT2D eigenvalue weighted by Crippen LogP contribution is -2.43. The molecule has 224 valence electrons. The van der Waals surface area contributed by atoms with E-state index < -0.39 is 11.8 Å². The third-order valence-electron chi connectivity index (χ3n) is 9.37. The molecular weight excluding hydrogens is 575 g/mol. The number of unbranched alkanes of at least 4 members (excludes halogenated alkanes) is 1. The predicted octanol–water partition coefficient (Wildman–Crippen LogP) is 8.85. The zero-order valence-corrected chi connectivity index (χ0v) is 26.8. The fourth-order valence-electron chi connectivity index (χ4n) is 7.20. The van der Waals surface area contributed by atoms with E-state index in [0.29, 0.717) is 39.0 Å². The van der Waals surface area contributed by atoms with Crippen molar-refractivity contribution in [2.24, 2.45) is 10.9 Å². The number of ketones is 2. The molecule has 2 heterocycles. The number of hydrogen-bond donors (Lipinski definition) is 0. The van der Waals surface area contributed by atoms with Crippen LogP contribution in [0.15, 0.2) is 95.1 Å². The van der Waals surface area contributed by atoms with Crippen molar-refractivity contribution in [1.29, 1.82) is 0 Å². The van der Waals surface area contributed by atoms with Gasteiger partial charge in [0.15, 0.2) is 5.78 Å². The largest absolute Gasteiger partial charge is 0.303 e. The van der Waals surface area contributed by atoms with Gasteiger partial charge in [-0.3, -0.25) is 14.6 Å². The molecule has 0 aromatic heterocycles. The molecule has 0 spiro atoms. The molecule has 0 aliphatic carbocycles. The van der Waals surface area contributed by atoms with Gasteiger partial charge in [0.05, 0.1) is 16.0 Å². The van der Waals surface area contributed by atoms with Crippen LogP contribution in [0, 0.1) is 5.92 Å². The normalized spacial score (nSPS) is 20.5. The lowest BCUT2D eigenvalue weighted by atomic mass is 9.68. The van der Waals surface area contributed by atoms with Gasteiger partial charge in [-0.25, -0.2) is 0 Å². The van der Waals surface area contributed by atoms with E-state index in [4.69, 9.17) is 23.2 Å². The number of hydrogen-bond acceptors (Lipinski definition) is 4. The Kier molecular flexibility index (Phi) is 10.0. The molecule has 0 saturated carbocycles. The molecule has 3 aromatic rings. The van der Waals surface area contributed by atoms with E-state index in [1.54, 1.807) is 13.0 Å². The summed E-state index contributed by atoms with van der Waals surface area (Å²) in [6, 6.07) is 27.2. The zero-order chi connectivity index (χ0) is 30.6. The highest BCUT2D eigenvalue weighted by atomic mass is 35.5. The highest BCUT2D eigenvalue weighted by Crippen LogP contribution is 2.45. The summed E-state index contributed by atoms with van der Waals surface area (Å²) in [5.74, 6) is -1.03. The summed E-state index contributed by atoms with van der Waals surface area (Å²) in [6.45, 7) is 8.27. The van der Waals surface area contributed by atoms with Gasteiger partial charge in [0.25, 0.3) is 0 Å². The van der Waals surface area contributed by atoms with Crippen LogP contribution in [0.1, 0.15) is 75.5 Å². The van der Waals surface area contributed by atoms with Crippen LogP contribution in [0.4, 0.5) is 0 Å². The summed E-state index contributed by atoms with van der Waals surface area (Å²) in [4.78, 5) is 33.8. The number of carbonyl (C=O) groups is 2. The Hall–Kier alpha value is -3.05. The molecule has 4 nitrogen and oxygen atoms in total. The average molecular weight is 616 g/mol. The van der Waals surface area contributed by atoms with Crippen LogP contribution in [0.2, 0.25) is 10.0 Å². The first-order chi connectivity index (χ1) is 20.7. The van der Waals surface area contributed by atoms with Crippen molar-refractivity contribution < 1.29 is 9.59 Å². The lowest BCUT2D eigenvalue weighted by molar-refractivity contribution is -0.119. The predicted molar refractivity (Wildman–Crippen MR) is 177 cm³/mol. The first kappa shape index (κ1) is 31.4. The van der Waals surface area contributed by atoms with Crippen molar-refractivity contribution in [2.75, 3.05) is 19.6 Å². The van der Waals surface area contributed by atoms with E-state index in [1.807, 2.05) is 26.0 Å². The third-order valence-corrected chi connectivity index (χ3v) is 10.2. The highest BCUT2D eigenvalue weighted by molar-refractivity contribution is 6.42. The quantitative estimate of drug-likeness (QED) is 0.214. The van der Waals surface area contributed by atoms with Crippen LogP contribution in [0.5, 0.6) is 0 Å². The van der Waals surface area contributed by atoms with Crippen molar-refractivity contribution in [3.8, 4) is 0 Å².